The van der Waals surface area contributed by atoms with E-state index in [1.165, 1.54) is 24.3 Å². The molecule has 0 aromatic heterocycles. The molecule has 0 radical (unpaired) electrons. The van der Waals surface area contributed by atoms with Gasteiger partial charge >= 0.3 is 6.61 Å². The number of ether oxygens (including phenoxy) is 1. The van der Waals surface area contributed by atoms with E-state index in [4.69, 9.17) is 0 Å². The maximum Gasteiger partial charge on any atom is 0.387 e. The van der Waals surface area contributed by atoms with Crippen LogP contribution < -0.4 is 9.46 Å². The predicted molar refractivity (Wildman–Crippen MR) is 75.8 cm³/mol. The van der Waals surface area contributed by atoms with Crippen molar-refractivity contribution in [3.05, 3.63) is 60.2 Å². The summed E-state index contributed by atoms with van der Waals surface area (Å²) in [5.41, 5.74) is 0.940. The molecule has 0 spiro atoms. The van der Waals surface area contributed by atoms with Crippen LogP contribution in [-0.2, 0) is 15.8 Å². The van der Waals surface area contributed by atoms with Crippen molar-refractivity contribution in [3.8, 4) is 5.75 Å². The van der Waals surface area contributed by atoms with Crippen LogP contribution in [0.4, 0.5) is 14.5 Å². The van der Waals surface area contributed by atoms with E-state index in [-0.39, 0.29) is 17.2 Å². The average Bonchev–Trinajstić information content (AvgIpc) is 2.40. The fourth-order valence-corrected chi connectivity index (χ4v) is 2.91. The normalized spacial score (nSPS) is 11.4. The van der Waals surface area contributed by atoms with Gasteiger partial charge in [0.15, 0.2) is 0 Å². The van der Waals surface area contributed by atoms with Crippen LogP contribution in [-0.4, -0.2) is 15.0 Å². The van der Waals surface area contributed by atoms with Crippen LogP contribution in [0.3, 0.4) is 0 Å². The van der Waals surface area contributed by atoms with Gasteiger partial charge < -0.3 is 4.74 Å². The van der Waals surface area contributed by atoms with E-state index < -0.39 is 16.6 Å². The topological polar surface area (TPSA) is 55.4 Å². The highest BCUT2D eigenvalue weighted by Crippen LogP contribution is 2.19. The number of hydrogen-bond donors (Lipinski definition) is 1. The number of rotatable bonds is 6. The molecule has 0 heterocycles. The lowest BCUT2D eigenvalue weighted by Crippen LogP contribution is -2.15. The van der Waals surface area contributed by atoms with Crippen molar-refractivity contribution >= 4 is 15.7 Å². The van der Waals surface area contributed by atoms with E-state index in [0.717, 1.165) is 0 Å². The smallest absolute Gasteiger partial charge is 0.387 e. The van der Waals surface area contributed by atoms with E-state index in [1.54, 1.807) is 30.3 Å². The van der Waals surface area contributed by atoms with Gasteiger partial charge in [-0.05, 0) is 29.8 Å². The molecule has 0 amide bonds. The van der Waals surface area contributed by atoms with Gasteiger partial charge in [-0.3, -0.25) is 4.72 Å². The Kier molecular flexibility index (Phi) is 4.74. The van der Waals surface area contributed by atoms with Crippen LogP contribution in [0.15, 0.2) is 54.6 Å². The molecule has 0 atom stereocenters. The Balaban J connectivity index is 2.03. The molecule has 0 aliphatic rings. The Bertz CT molecular complexity index is 673. The van der Waals surface area contributed by atoms with Crippen LogP contribution >= 0.6 is 0 Å². The van der Waals surface area contributed by atoms with Gasteiger partial charge in [-0.1, -0.05) is 30.3 Å². The van der Waals surface area contributed by atoms with Gasteiger partial charge in [0, 0.05) is 5.69 Å². The summed E-state index contributed by atoms with van der Waals surface area (Å²) < 4.78 is 54.5. The third kappa shape index (κ3) is 5.03. The SMILES string of the molecule is O=S(=O)(Cc1ccccc1)Nc1ccc(OC(F)F)cc1. The molecule has 2 aromatic carbocycles. The minimum Gasteiger partial charge on any atom is -0.435 e. The molecule has 7 heteroatoms. The summed E-state index contributed by atoms with van der Waals surface area (Å²) in [5, 5.41) is 0. The zero-order valence-corrected chi connectivity index (χ0v) is 11.7. The molecule has 0 aliphatic heterocycles. The van der Waals surface area contributed by atoms with Gasteiger partial charge in [0.25, 0.3) is 0 Å². The Morgan fingerprint density at radius 3 is 2.19 bits per heavy atom. The van der Waals surface area contributed by atoms with E-state index in [1.807, 2.05) is 0 Å². The van der Waals surface area contributed by atoms with Crippen molar-refractivity contribution in [1.29, 1.82) is 0 Å². The molecule has 2 rings (SSSR count). The van der Waals surface area contributed by atoms with Gasteiger partial charge in [-0.25, -0.2) is 8.42 Å². The number of alkyl halides is 2. The fraction of sp³-hybridized carbons (Fsp3) is 0.143. The zero-order valence-electron chi connectivity index (χ0n) is 10.9. The lowest BCUT2D eigenvalue weighted by atomic mass is 10.2. The minimum atomic E-state index is -3.56. The molecule has 0 bridgehead atoms. The van der Waals surface area contributed by atoms with Crippen molar-refractivity contribution in [2.75, 3.05) is 4.72 Å². The number of hydrogen-bond acceptors (Lipinski definition) is 3. The van der Waals surface area contributed by atoms with Gasteiger partial charge in [0.2, 0.25) is 10.0 Å². The Labute approximate surface area is 121 Å². The van der Waals surface area contributed by atoms with Crippen LogP contribution in [0.5, 0.6) is 5.75 Å². The molecule has 4 nitrogen and oxygen atoms in total. The lowest BCUT2D eigenvalue weighted by Gasteiger charge is -2.09. The summed E-state index contributed by atoms with van der Waals surface area (Å²) in [6.45, 7) is -2.91. The summed E-state index contributed by atoms with van der Waals surface area (Å²) in [7, 11) is -3.56. The molecule has 0 unspecified atom stereocenters. The largest absolute Gasteiger partial charge is 0.435 e. The van der Waals surface area contributed by atoms with Crippen LogP contribution in [0.25, 0.3) is 0 Å². The molecular weight excluding hydrogens is 300 g/mol. The Morgan fingerprint density at radius 1 is 1.00 bits per heavy atom. The number of benzene rings is 2. The highest BCUT2D eigenvalue weighted by atomic mass is 32.2. The molecule has 21 heavy (non-hydrogen) atoms. The van der Waals surface area contributed by atoms with E-state index in [2.05, 4.69) is 9.46 Å². The standard InChI is InChI=1S/C14H13F2NO3S/c15-14(16)20-13-8-6-12(7-9-13)17-21(18,19)10-11-4-2-1-3-5-11/h1-9,14,17H,10H2. The van der Waals surface area contributed by atoms with E-state index in [9.17, 15) is 17.2 Å². The lowest BCUT2D eigenvalue weighted by molar-refractivity contribution is -0.0498. The van der Waals surface area contributed by atoms with Gasteiger partial charge in [-0.15, -0.1) is 0 Å². The summed E-state index contributed by atoms with van der Waals surface area (Å²) in [6.07, 6.45) is 0. The molecule has 1 N–H and O–H groups in total. The molecule has 0 fully saturated rings. The predicted octanol–water partition coefficient (Wildman–Crippen LogP) is 3.23. The van der Waals surface area contributed by atoms with Crippen LogP contribution in [0.2, 0.25) is 0 Å². The molecule has 0 saturated carbocycles. The summed E-state index contributed by atoms with van der Waals surface area (Å²) in [5.74, 6) is -0.195. The Morgan fingerprint density at radius 2 is 1.62 bits per heavy atom. The van der Waals surface area contributed by atoms with E-state index >= 15 is 0 Å². The summed E-state index contributed by atoms with van der Waals surface area (Å²) in [6, 6.07) is 14.0. The molecular formula is C14H13F2NO3S. The molecule has 0 aliphatic carbocycles. The average molecular weight is 313 g/mol. The van der Waals surface area contributed by atoms with Gasteiger partial charge in [0.05, 0.1) is 5.75 Å². The fourth-order valence-electron chi connectivity index (χ4n) is 1.71. The van der Waals surface area contributed by atoms with Crippen LogP contribution in [0.1, 0.15) is 5.56 Å². The number of anilines is 1. The first-order valence-electron chi connectivity index (χ1n) is 6.04. The second-order valence-electron chi connectivity index (χ2n) is 4.25. The highest BCUT2D eigenvalue weighted by Gasteiger charge is 2.12. The second-order valence-corrected chi connectivity index (χ2v) is 5.97. The zero-order chi connectivity index (χ0) is 15.3. The minimum absolute atomic E-state index is 0.0315. The molecule has 112 valence electrons. The van der Waals surface area contributed by atoms with E-state index in [0.29, 0.717) is 5.56 Å². The second kappa shape index (κ2) is 6.53. The first-order chi connectivity index (χ1) is 9.94. The summed E-state index contributed by atoms with van der Waals surface area (Å²) in [4.78, 5) is 0. The van der Waals surface area contributed by atoms with Crippen molar-refractivity contribution in [3.63, 3.8) is 0 Å². The first-order valence-corrected chi connectivity index (χ1v) is 7.69. The van der Waals surface area contributed by atoms with Crippen molar-refractivity contribution in [1.82, 2.24) is 0 Å². The number of sulfonamides is 1. The molecule has 2 aromatic rings. The third-order valence-electron chi connectivity index (χ3n) is 2.55. The third-order valence-corrected chi connectivity index (χ3v) is 3.81. The van der Waals surface area contributed by atoms with Gasteiger partial charge in [0.1, 0.15) is 5.75 Å². The molecule has 0 saturated heterocycles. The van der Waals surface area contributed by atoms with Crippen molar-refractivity contribution in [2.24, 2.45) is 0 Å². The van der Waals surface area contributed by atoms with Gasteiger partial charge in [-0.2, -0.15) is 8.78 Å². The Hall–Kier alpha value is -2.15. The maximum atomic E-state index is 12.0. The number of nitrogens with one attached hydrogen (secondary N) is 1. The van der Waals surface area contributed by atoms with Crippen LogP contribution in [0, 0.1) is 0 Å². The quantitative estimate of drug-likeness (QED) is 0.891. The monoisotopic (exact) mass is 313 g/mol. The van der Waals surface area contributed by atoms with Crippen molar-refractivity contribution < 1.29 is 21.9 Å². The highest BCUT2D eigenvalue weighted by molar-refractivity contribution is 7.91. The van der Waals surface area contributed by atoms with Crippen molar-refractivity contribution in [2.45, 2.75) is 12.4 Å². The first kappa shape index (κ1) is 15.2. The number of halogens is 2. The summed E-state index contributed by atoms with van der Waals surface area (Å²) >= 11 is 0. The maximum absolute atomic E-state index is 12.0.